The Hall–Kier alpha value is -1.65. The van der Waals surface area contributed by atoms with Gasteiger partial charge in [-0.1, -0.05) is 30.3 Å². The summed E-state index contributed by atoms with van der Waals surface area (Å²) in [5.74, 6) is 0. The summed E-state index contributed by atoms with van der Waals surface area (Å²) < 4.78 is 2.15. The molecule has 2 N–H and O–H groups in total. The number of benzene rings is 1. The quantitative estimate of drug-likeness (QED) is 0.842. The Balaban J connectivity index is 1.76. The highest BCUT2D eigenvalue weighted by atomic mass is 15.1. The maximum absolute atomic E-state index is 5.92. The van der Waals surface area contributed by atoms with Crippen LogP contribution < -0.4 is 5.73 Å². The lowest BCUT2D eigenvalue weighted by molar-refractivity contribution is 0.313. The molecule has 4 heteroatoms. The molecule has 0 saturated heterocycles. The van der Waals surface area contributed by atoms with E-state index >= 15 is 0 Å². The Morgan fingerprint density at radius 1 is 1.30 bits per heavy atom. The highest BCUT2D eigenvalue weighted by Crippen LogP contribution is 2.09. The average molecular weight is 272 g/mol. The number of rotatable bonds is 7. The number of imidazole rings is 1. The van der Waals surface area contributed by atoms with Gasteiger partial charge in [-0.15, -0.1) is 0 Å². The molecule has 1 atom stereocenters. The Morgan fingerprint density at radius 2 is 2.05 bits per heavy atom. The van der Waals surface area contributed by atoms with Gasteiger partial charge in [-0.05, 0) is 32.5 Å². The standard InChI is InChI=1S/C16H24N4/c1-14(17)16-11-18-13-20(16)10-6-9-19(2)12-15-7-4-3-5-8-15/h3-5,7-8,11,13-14H,6,9-10,12,17H2,1-2H3/t14-/m1/s1. The first-order valence-electron chi connectivity index (χ1n) is 7.15. The normalized spacial score (nSPS) is 12.8. The fourth-order valence-electron chi connectivity index (χ4n) is 2.38. The summed E-state index contributed by atoms with van der Waals surface area (Å²) >= 11 is 0. The van der Waals surface area contributed by atoms with Crippen molar-refractivity contribution in [1.82, 2.24) is 14.5 Å². The van der Waals surface area contributed by atoms with Crippen molar-refractivity contribution in [2.45, 2.75) is 32.5 Å². The molecule has 0 spiro atoms. The summed E-state index contributed by atoms with van der Waals surface area (Å²) in [4.78, 5) is 6.52. The van der Waals surface area contributed by atoms with Crippen LogP contribution in [0.2, 0.25) is 0 Å². The van der Waals surface area contributed by atoms with Crippen LogP contribution in [0.3, 0.4) is 0 Å². The fraction of sp³-hybridized carbons (Fsp3) is 0.438. The predicted octanol–water partition coefficient (Wildman–Crippen LogP) is 2.42. The Bertz CT molecular complexity index is 504. The van der Waals surface area contributed by atoms with E-state index in [4.69, 9.17) is 5.73 Å². The molecular weight excluding hydrogens is 248 g/mol. The molecule has 1 heterocycles. The maximum Gasteiger partial charge on any atom is 0.0948 e. The second kappa shape index (κ2) is 7.22. The molecule has 0 fully saturated rings. The van der Waals surface area contributed by atoms with E-state index in [-0.39, 0.29) is 6.04 Å². The maximum atomic E-state index is 5.92. The largest absolute Gasteiger partial charge is 0.333 e. The van der Waals surface area contributed by atoms with Crippen LogP contribution in [0.25, 0.3) is 0 Å². The van der Waals surface area contributed by atoms with E-state index in [1.807, 2.05) is 19.4 Å². The molecule has 0 amide bonds. The SMILES string of the molecule is C[C@@H](N)c1cncn1CCCN(C)Cc1ccccc1. The number of hydrogen-bond acceptors (Lipinski definition) is 3. The van der Waals surface area contributed by atoms with E-state index in [9.17, 15) is 0 Å². The number of nitrogens with two attached hydrogens (primary N) is 1. The zero-order valence-electron chi connectivity index (χ0n) is 12.4. The lowest BCUT2D eigenvalue weighted by Gasteiger charge is -2.17. The van der Waals surface area contributed by atoms with Gasteiger partial charge in [0.2, 0.25) is 0 Å². The van der Waals surface area contributed by atoms with Gasteiger partial charge in [-0.25, -0.2) is 4.98 Å². The lowest BCUT2D eigenvalue weighted by atomic mass is 10.2. The molecule has 0 aliphatic heterocycles. The molecule has 0 bridgehead atoms. The number of hydrogen-bond donors (Lipinski definition) is 1. The monoisotopic (exact) mass is 272 g/mol. The Labute approximate surface area is 121 Å². The topological polar surface area (TPSA) is 47.1 Å². The zero-order chi connectivity index (χ0) is 14.4. The summed E-state index contributed by atoms with van der Waals surface area (Å²) in [7, 11) is 2.16. The van der Waals surface area contributed by atoms with Gasteiger partial charge in [0.15, 0.2) is 0 Å². The van der Waals surface area contributed by atoms with Crippen molar-refractivity contribution in [3.63, 3.8) is 0 Å². The lowest BCUT2D eigenvalue weighted by Crippen LogP contribution is -2.21. The summed E-state index contributed by atoms with van der Waals surface area (Å²) in [5.41, 5.74) is 8.38. The van der Waals surface area contributed by atoms with E-state index in [0.717, 1.165) is 31.7 Å². The minimum Gasteiger partial charge on any atom is -0.333 e. The molecule has 4 nitrogen and oxygen atoms in total. The second-order valence-electron chi connectivity index (χ2n) is 5.38. The summed E-state index contributed by atoms with van der Waals surface area (Å²) in [6.07, 6.45) is 4.83. The van der Waals surface area contributed by atoms with Crippen LogP contribution in [0.1, 0.15) is 30.6 Å². The predicted molar refractivity (Wildman–Crippen MR) is 82.2 cm³/mol. The third kappa shape index (κ3) is 4.18. The smallest absolute Gasteiger partial charge is 0.0948 e. The van der Waals surface area contributed by atoms with Gasteiger partial charge in [0.05, 0.1) is 12.0 Å². The van der Waals surface area contributed by atoms with Gasteiger partial charge in [0, 0.05) is 25.3 Å². The van der Waals surface area contributed by atoms with Gasteiger partial charge in [0.1, 0.15) is 0 Å². The first-order chi connectivity index (χ1) is 9.66. The van der Waals surface area contributed by atoms with Gasteiger partial charge in [0.25, 0.3) is 0 Å². The van der Waals surface area contributed by atoms with E-state index in [1.165, 1.54) is 5.56 Å². The van der Waals surface area contributed by atoms with Crippen molar-refractivity contribution in [2.75, 3.05) is 13.6 Å². The van der Waals surface area contributed by atoms with Crippen molar-refractivity contribution in [3.05, 3.63) is 54.1 Å². The van der Waals surface area contributed by atoms with Crippen LogP contribution in [0.5, 0.6) is 0 Å². The molecular formula is C16H24N4. The van der Waals surface area contributed by atoms with Crippen LogP contribution in [0.15, 0.2) is 42.9 Å². The van der Waals surface area contributed by atoms with Crippen molar-refractivity contribution in [3.8, 4) is 0 Å². The number of aromatic nitrogens is 2. The summed E-state index contributed by atoms with van der Waals surface area (Å²) in [6, 6.07) is 10.6. The molecule has 0 aliphatic carbocycles. The van der Waals surface area contributed by atoms with Gasteiger partial charge >= 0.3 is 0 Å². The highest BCUT2D eigenvalue weighted by molar-refractivity contribution is 5.14. The molecule has 2 rings (SSSR count). The minimum absolute atomic E-state index is 0.0412. The fourth-order valence-corrected chi connectivity index (χ4v) is 2.38. The van der Waals surface area contributed by atoms with Crippen molar-refractivity contribution in [2.24, 2.45) is 5.73 Å². The number of aryl methyl sites for hydroxylation is 1. The van der Waals surface area contributed by atoms with E-state index in [1.54, 1.807) is 0 Å². The molecule has 20 heavy (non-hydrogen) atoms. The average Bonchev–Trinajstić information content (AvgIpc) is 2.88. The zero-order valence-corrected chi connectivity index (χ0v) is 12.4. The third-order valence-corrected chi connectivity index (χ3v) is 3.45. The molecule has 2 aromatic rings. The van der Waals surface area contributed by atoms with Crippen LogP contribution in [0, 0.1) is 0 Å². The molecule has 0 radical (unpaired) electrons. The molecule has 1 aromatic heterocycles. The van der Waals surface area contributed by atoms with Crippen LogP contribution >= 0.6 is 0 Å². The summed E-state index contributed by atoms with van der Waals surface area (Å²) in [5, 5.41) is 0. The summed E-state index contributed by atoms with van der Waals surface area (Å²) in [6.45, 7) is 5.02. The van der Waals surface area contributed by atoms with Crippen molar-refractivity contribution < 1.29 is 0 Å². The van der Waals surface area contributed by atoms with Crippen LogP contribution in [-0.2, 0) is 13.1 Å². The van der Waals surface area contributed by atoms with Gasteiger partial charge in [-0.3, -0.25) is 0 Å². The molecule has 0 saturated carbocycles. The highest BCUT2D eigenvalue weighted by Gasteiger charge is 2.06. The minimum atomic E-state index is 0.0412. The Kier molecular flexibility index (Phi) is 5.32. The Morgan fingerprint density at radius 3 is 2.75 bits per heavy atom. The van der Waals surface area contributed by atoms with Crippen LogP contribution in [-0.4, -0.2) is 28.0 Å². The van der Waals surface area contributed by atoms with Gasteiger partial charge in [-0.2, -0.15) is 0 Å². The number of nitrogens with zero attached hydrogens (tertiary/aromatic N) is 3. The van der Waals surface area contributed by atoms with E-state index < -0.39 is 0 Å². The van der Waals surface area contributed by atoms with Crippen molar-refractivity contribution >= 4 is 0 Å². The van der Waals surface area contributed by atoms with Crippen molar-refractivity contribution in [1.29, 1.82) is 0 Å². The molecule has 0 unspecified atom stereocenters. The first kappa shape index (κ1) is 14.8. The first-order valence-corrected chi connectivity index (χ1v) is 7.15. The second-order valence-corrected chi connectivity index (χ2v) is 5.38. The third-order valence-electron chi connectivity index (χ3n) is 3.45. The molecule has 1 aromatic carbocycles. The molecule has 0 aliphatic rings. The molecule has 108 valence electrons. The van der Waals surface area contributed by atoms with E-state index in [2.05, 4.69) is 51.8 Å². The van der Waals surface area contributed by atoms with E-state index in [0.29, 0.717) is 0 Å². The van der Waals surface area contributed by atoms with Gasteiger partial charge < -0.3 is 15.2 Å². The van der Waals surface area contributed by atoms with Crippen LogP contribution in [0.4, 0.5) is 0 Å².